The van der Waals surface area contributed by atoms with Crippen molar-refractivity contribution in [2.24, 2.45) is 0 Å². The molecule has 2 nitrogen and oxygen atoms in total. The van der Waals surface area contributed by atoms with Gasteiger partial charge in [0.05, 0.1) is 5.88 Å². The maximum atomic E-state index is 5.83. The van der Waals surface area contributed by atoms with E-state index >= 15 is 0 Å². The first kappa shape index (κ1) is 12.3. The fourth-order valence-corrected chi connectivity index (χ4v) is 3.60. The van der Waals surface area contributed by atoms with E-state index in [0.717, 1.165) is 22.7 Å². The van der Waals surface area contributed by atoms with E-state index in [4.69, 9.17) is 16.3 Å². The second-order valence-corrected chi connectivity index (χ2v) is 5.76. The van der Waals surface area contributed by atoms with E-state index in [9.17, 15) is 0 Å². The number of hydrogen-bond acceptors (Lipinski definition) is 3. The highest BCUT2D eigenvalue weighted by Gasteiger charge is 2.35. The second-order valence-electron chi connectivity index (χ2n) is 4.38. The highest BCUT2D eigenvalue weighted by atomic mass is 35.5. The van der Waals surface area contributed by atoms with E-state index in [1.54, 1.807) is 11.3 Å². The number of thiazole rings is 1. The SMILES string of the molecule is COC1(c2ncc(CCl)s2)CCCCCC1. The number of alkyl halides is 1. The summed E-state index contributed by atoms with van der Waals surface area (Å²) >= 11 is 7.53. The minimum Gasteiger partial charge on any atom is -0.371 e. The summed E-state index contributed by atoms with van der Waals surface area (Å²) < 4.78 is 5.81. The van der Waals surface area contributed by atoms with Crippen LogP contribution in [0.3, 0.4) is 0 Å². The molecule has 2 rings (SSSR count). The first-order valence-electron chi connectivity index (χ1n) is 5.87. The van der Waals surface area contributed by atoms with Crippen molar-refractivity contribution in [3.8, 4) is 0 Å². The predicted octanol–water partition coefficient (Wildman–Crippen LogP) is 4.08. The molecule has 0 saturated heterocycles. The fraction of sp³-hybridized carbons (Fsp3) is 0.750. The van der Waals surface area contributed by atoms with E-state index in [1.807, 2.05) is 13.3 Å². The number of ether oxygens (including phenoxy) is 1. The lowest BCUT2D eigenvalue weighted by Crippen LogP contribution is -2.27. The molecule has 0 spiro atoms. The number of rotatable bonds is 3. The maximum Gasteiger partial charge on any atom is 0.125 e. The normalized spacial score (nSPS) is 20.6. The molecule has 16 heavy (non-hydrogen) atoms. The number of halogens is 1. The standard InChI is InChI=1S/C12H18ClNOS/c1-15-12(6-4-2-3-5-7-12)11-14-9-10(8-13)16-11/h9H,2-8H2,1H3. The molecular formula is C12H18ClNOS. The lowest BCUT2D eigenvalue weighted by molar-refractivity contribution is -0.0279. The van der Waals surface area contributed by atoms with Gasteiger partial charge in [-0.15, -0.1) is 22.9 Å². The summed E-state index contributed by atoms with van der Waals surface area (Å²) in [6.07, 6.45) is 9.20. The Morgan fingerprint density at radius 1 is 1.38 bits per heavy atom. The molecule has 1 aliphatic carbocycles. The van der Waals surface area contributed by atoms with Gasteiger partial charge >= 0.3 is 0 Å². The van der Waals surface area contributed by atoms with Crippen molar-refractivity contribution in [1.29, 1.82) is 0 Å². The van der Waals surface area contributed by atoms with Gasteiger partial charge in [0.25, 0.3) is 0 Å². The summed E-state index contributed by atoms with van der Waals surface area (Å²) in [5.41, 5.74) is -0.133. The van der Waals surface area contributed by atoms with Crippen LogP contribution in [-0.4, -0.2) is 12.1 Å². The lowest BCUT2D eigenvalue weighted by Gasteiger charge is -2.29. The summed E-state index contributed by atoms with van der Waals surface area (Å²) in [5.74, 6) is 0.553. The summed E-state index contributed by atoms with van der Waals surface area (Å²) in [6, 6.07) is 0. The number of aromatic nitrogens is 1. The van der Waals surface area contributed by atoms with Crippen molar-refractivity contribution < 1.29 is 4.74 Å². The third-order valence-electron chi connectivity index (χ3n) is 3.38. The third-order valence-corrected chi connectivity index (χ3v) is 5.01. The van der Waals surface area contributed by atoms with Crippen LogP contribution in [0.1, 0.15) is 48.4 Å². The zero-order chi connectivity index (χ0) is 11.4. The maximum absolute atomic E-state index is 5.83. The minimum atomic E-state index is -0.133. The summed E-state index contributed by atoms with van der Waals surface area (Å²) in [4.78, 5) is 5.64. The van der Waals surface area contributed by atoms with Gasteiger partial charge in [0.15, 0.2) is 0 Å². The summed E-state index contributed by atoms with van der Waals surface area (Å²) in [6.45, 7) is 0. The van der Waals surface area contributed by atoms with Gasteiger partial charge in [-0.1, -0.05) is 25.7 Å². The first-order chi connectivity index (χ1) is 7.80. The topological polar surface area (TPSA) is 22.1 Å². The Morgan fingerprint density at radius 2 is 2.06 bits per heavy atom. The van der Waals surface area contributed by atoms with E-state index in [-0.39, 0.29) is 5.60 Å². The molecule has 1 saturated carbocycles. The average molecular weight is 260 g/mol. The Hall–Kier alpha value is -0.120. The Morgan fingerprint density at radius 3 is 2.56 bits per heavy atom. The zero-order valence-electron chi connectivity index (χ0n) is 9.67. The van der Waals surface area contributed by atoms with Gasteiger partial charge in [0.1, 0.15) is 10.6 Å². The van der Waals surface area contributed by atoms with E-state index in [1.165, 1.54) is 25.7 Å². The van der Waals surface area contributed by atoms with Crippen molar-refractivity contribution in [3.63, 3.8) is 0 Å². The Balaban J connectivity index is 2.24. The van der Waals surface area contributed by atoms with Crippen LogP contribution in [0.5, 0.6) is 0 Å². The zero-order valence-corrected chi connectivity index (χ0v) is 11.2. The molecule has 0 aliphatic heterocycles. The van der Waals surface area contributed by atoms with Crippen LogP contribution in [-0.2, 0) is 16.2 Å². The van der Waals surface area contributed by atoms with Crippen molar-refractivity contribution >= 4 is 22.9 Å². The summed E-state index contributed by atoms with van der Waals surface area (Å²) in [5, 5.41) is 1.12. The van der Waals surface area contributed by atoms with Crippen molar-refractivity contribution in [2.75, 3.05) is 7.11 Å². The highest BCUT2D eigenvalue weighted by molar-refractivity contribution is 7.11. The molecule has 0 radical (unpaired) electrons. The fourth-order valence-electron chi connectivity index (χ4n) is 2.38. The van der Waals surface area contributed by atoms with Gasteiger partial charge in [-0.05, 0) is 12.8 Å². The van der Waals surface area contributed by atoms with E-state index in [2.05, 4.69) is 4.98 Å². The quantitative estimate of drug-likeness (QED) is 0.603. The van der Waals surface area contributed by atoms with Gasteiger partial charge in [0.2, 0.25) is 0 Å². The van der Waals surface area contributed by atoms with Crippen molar-refractivity contribution in [1.82, 2.24) is 4.98 Å². The minimum absolute atomic E-state index is 0.133. The van der Waals surface area contributed by atoms with Gasteiger partial charge in [-0.3, -0.25) is 0 Å². The summed E-state index contributed by atoms with van der Waals surface area (Å²) in [7, 11) is 1.81. The van der Waals surface area contributed by atoms with Crippen molar-refractivity contribution in [2.45, 2.75) is 50.0 Å². The predicted molar refractivity (Wildman–Crippen MR) is 68.1 cm³/mol. The number of hydrogen-bond donors (Lipinski definition) is 0. The Bertz CT molecular complexity index is 332. The third kappa shape index (κ3) is 2.41. The lowest BCUT2D eigenvalue weighted by atomic mass is 9.95. The number of methoxy groups -OCH3 is 1. The molecule has 1 heterocycles. The molecule has 1 fully saturated rings. The molecule has 0 aromatic carbocycles. The molecule has 1 aromatic rings. The number of nitrogens with zero attached hydrogens (tertiary/aromatic N) is 1. The Kier molecular flexibility index (Phi) is 4.22. The molecule has 0 N–H and O–H groups in total. The molecule has 0 bridgehead atoms. The van der Waals surface area contributed by atoms with Crippen LogP contribution >= 0.6 is 22.9 Å². The average Bonchev–Trinajstić information content (AvgIpc) is 2.68. The largest absolute Gasteiger partial charge is 0.371 e. The van der Waals surface area contributed by atoms with E-state index < -0.39 is 0 Å². The molecule has 4 heteroatoms. The van der Waals surface area contributed by atoms with Crippen LogP contribution in [0.4, 0.5) is 0 Å². The molecule has 1 aliphatic rings. The van der Waals surface area contributed by atoms with Gasteiger partial charge < -0.3 is 4.74 Å². The van der Waals surface area contributed by atoms with Crippen LogP contribution in [0.2, 0.25) is 0 Å². The van der Waals surface area contributed by atoms with Gasteiger partial charge in [0, 0.05) is 18.2 Å². The molecule has 0 amide bonds. The van der Waals surface area contributed by atoms with E-state index in [0.29, 0.717) is 5.88 Å². The van der Waals surface area contributed by atoms with Crippen LogP contribution in [0.25, 0.3) is 0 Å². The van der Waals surface area contributed by atoms with Crippen molar-refractivity contribution in [3.05, 3.63) is 16.1 Å². The molecular weight excluding hydrogens is 242 g/mol. The highest BCUT2D eigenvalue weighted by Crippen LogP contribution is 2.40. The van der Waals surface area contributed by atoms with Crippen LogP contribution < -0.4 is 0 Å². The smallest absolute Gasteiger partial charge is 0.125 e. The van der Waals surface area contributed by atoms with Crippen LogP contribution in [0, 0.1) is 0 Å². The Labute approximate surface area is 106 Å². The van der Waals surface area contributed by atoms with Crippen LogP contribution in [0.15, 0.2) is 6.20 Å². The van der Waals surface area contributed by atoms with Gasteiger partial charge in [-0.25, -0.2) is 4.98 Å². The first-order valence-corrected chi connectivity index (χ1v) is 7.22. The van der Waals surface area contributed by atoms with Gasteiger partial charge in [-0.2, -0.15) is 0 Å². The molecule has 0 unspecified atom stereocenters. The monoisotopic (exact) mass is 259 g/mol. The second kappa shape index (κ2) is 5.48. The molecule has 1 aromatic heterocycles. The molecule has 90 valence electrons. The molecule has 0 atom stereocenters.